The molecule has 0 spiro atoms. The Bertz CT molecular complexity index is 598. The fourth-order valence-corrected chi connectivity index (χ4v) is 6.39. The van der Waals surface area contributed by atoms with Crippen molar-refractivity contribution in [1.29, 1.82) is 0 Å². The third kappa shape index (κ3) is 3.10. The minimum atomic E-state index is 0.117. The number of aromatic nitrogens is 1. The number of aryl methyl sites for hydroxylation is 1. The molecule has 4 fully saturated rings. The summed E-state index contributed by atoms with van der Waals surface area (Å²) >= 11 is 1.62. The van der Waals surface area contributed by atoms with Crippen LogP contribution >= 0.6 is 11.3 Å². The van der Waals surface area contributed by atoms with E-state index in [-0.39, 0.29) is 5.91 Å². The quantitative estimate of drug-likeness (QED) is 0.777. The van der Waals surface area contributed by atoms with Crippen molar-refractivity contribution in [3.63, 3.8) is 0 Å². The average Bonchev–Trinajstić information content (AvgIpc) is 2.88. The van der Waals surface area contributed by atoms with Crippen molar-refractivity contribution >= 4 is 23.3 Å². The first-order valence-corrected chi connectivity index (χ1v) is 9.75. The molecule has 0 atom stereocenters. The fourth-order valence-electron chi connectivity index (χ4n) is 5.81. The van der Waals surface area contributed by atoms with Gasteiger partial charge in [0.1, 0.15) is 0 Å². The van der Waals surface area contributed by atoms with Crippen molar-refractivity contribution in [2.45, 2.75) is 45.4 Å². The van der Waals surface area contributed by atoms with Gasteiger partial charge < -0.3 is 4.90 Å². The molecule has 4 aliphatic rings. The van der Waals surface area contributed by atoms with Crippen LogP contribution in [0.1, 0.15) is 49.2 Å². The first-order chi connectivity index (χ1) is 11.0. The van der Waals surface area contributed by atoms with Gasteiger partial charge >= 0.3 is 0 Å². The van der Waals surface area contributed by atoms with E-state index in [1.807, 2.05) is 30.3 Å². The number of hydrogen-bond donors (Lipinski definition) is 0. The molecule has 0 N–H and O–H groups in total. The molecule has 0 radical (unpaired) electrons. The number of thiazole rings is 1. The van der Waals surface area contributed by atoms with Gasteiger partial charge in [-0.1, -0.05) is 0 Å². The molecule has 4 saturated carbocycles. The fraction of sp³-hybridized carbons (Fsp3) is 0.684. The Kier molecular flexibility index (Phi) is 3.83. The highest BCUT2D eigenvalue weighted by molar-refractivity contribution is 7.09. The van der Waals surface area contributed by atoms with E-state index in [1.165, 1.54) is 38.5 Å². The van der Waals surface area contributed by atoms with Gasteiger partial charge in [-0.15, -0.1) is 11.3 Å². The maximum atomic E-state index is 12.5. The summed E-state index contributed by atoms with van der Waals surface area (Å²) in [4.78, 5) is 18.8. The molecule has 23 heavy (non-hydrogen) atoms. The average molecular weight is 330 g/mol. The van der Waals surface area contributed by atoms with Gasteiger partial charge in [0.05, 0.1) is 10.7 Å². The predicted molar refractivity (Wildman–Crippen MR) is 94.1 cm³/mol. The molecule has 4 bridgehead atoms. The molecule has 1 aromatic heterocycles. The highest BCUT2D eigenvalue weighted by Crippen LogP contribution is 2.60. The molecule has 0 aliphatic heterocycles. The lowest BCUT2D eigenvalue weighted by Crippen LogP contribution is -2.51. The largest absolute Gasteiger partial charge is 0.342 e. The SMILES string of the molecule is Cc1nc(/C=C/C(=O)N(C)CC23CC4CC(CC(C4)C2)C3)cs1. The van der Waals surface area contributed by atoms with Crippen LogP contribution in [-0.4, -0.2) is 29.4 Å². The van der Waals surface area contributed by atoms with Crippen molar-refractivity contribution < 1.29 is 4.79 Å². The molecule has 0 saturated heterocycles. The Morgan fingerprint density at radius 3 is 2.43 bits per heavy atom. The molecule has 1 aromatic rings. The number of likely N-dealkylation sites (N-methyl/N-ethyl adjacent to an activating group) is 1. The molecule has 3 nitrogen and oxygen atoms in total. The smallest absolute Gasteiger partial charge is 0.246 e. The van der Waals surface area contributed by atoms with E-state index in [4.69, 9.17) is 0 Å². The highest BCUT2D eigenvalue weighted by atomic mass is 32.1. The second kappa shape index (κ2) is 5.73. The molecule has 124 valence electrons. The van der Waals surface area contributed by atoms with Gasteiger partial charge in [0.25, 0.3) is 0 Å². The predicted octanol–water partition coefficient (Wildman–Crippen LogP) is 4.14. The van der Waals surface area contributed by atoms with Crippen LogP contribution in [-0.2, 0) is 4.79 Å². The lowest BCUT2D eigenvalue weighted by Gasteiger charge is -2.57. The van der Waals surface area contributed by atoms with E-state index in [1.54, 1.807) is 17.4 Å². The molecular weight excluding hydrogens is 304 g/mol. The first-order valence-electron chi connectivity index (χ1n) is 8.87. The molecule has 4 aliphatic carbocycles. The number of hydrogen-bond acceptors (Lipinski definition) is 3. The Morgan fingerprint density at radius 1 is 1.30 bits per heavy atom. The van der Waals surface area contributed by atoms with Gasteiger partial charge in [-0.05, 0) is 74.7 Å². The van der Waals surface area contributed by atoms with Crippen LogP contribution in [0.5, 0.6) is 0 Å². The second-order valence-electron chi connectivity index (χ2n) is 8.24. The van der Waals surface area contributed by atoms with Crippen molar-refractivity contribution in [1.82, 2.24) is 9.88 Å². The van der Waals surface area contributed by atoms with Crippen LogP contribution in [0.25, 0.3) is 6.08 Å². The Balaban J connectivity index is 1.40. The lowest BCUT2D eigenvalue weighted by molar-refractivity contribution is -0.130. The zero-order chi connectivity index (χ0) is 16.0. The van der Waals surface area contributed by atoms with Crippen molar-refractivity contribution in [3.8, 4) is 0 Å². The number of rotatable bonds is 4. The van der Waals surface area contributed by atoms with E-state index in [9.17, 15) is 4.79 Å². The van der Waals surface area contributed by atoms with Crippen LogP contribution in [0.4, 0.5) is 0 Å². The molecule has 0 unspecified atom stereocenters. The van der Waals surface area contributed by atoms with Gasteiger partial charge in [-0.25, -0.2) is 4.98 Å². The zero-order valence-electron chi connectivity index (χ0n) is 14.1. The minimum absolute atomic E-state index is 0.117. The molecule has 1 amide bonds. The molecular formula is C19H26N2OS. The number of carbonyl (C=O) groups is 1. The van der Waals surface area contributed by atoms with Crippen molar-refractivity contribution in [2.75, 3.05) is 13.6 Å². The standard InChI is InChI=1S/C19H26N2OS/c1-13-20-17(11-23-13)3-4-18(22)21(2)12-19-8-14-5-15(9-19)7-16(6-14)10-19/h3-4,11,14-16H,5-10,12H2,1-2H3/b4-3+. The van der Waals surface area contributed by atoms with Crippen molar-refractivity contribution in [2.24, 2.45) is 23.2 Å². The van der Waals surface area contributed by atoms with E-state index in [0.717, 1.165) is 35.0 Å². The Labute approximate surface area is 142 Å². The van der Waals surface area contributed by atoms with E-state index in [0.29, 0.717) is 5.41 Å². The molecule has 5 rings (SSSR count). The molecule has 4 heteroatoms. The Hall–Kier alpha value is -1.16. The summed E-state index contributed by atoms with van der Waals surface area (Å²) in [6.07, 6.45) is 12.0. The Morgan fingerprint density at radius 2 is 1.91 bits per heavy atom. The third-order valence-corrected chi connectivity index (χ3v) is 6.94. The summed E-state index contributed by atoms with van der Waals surface area (Å²) in [6.45, 7) is 2.93. The summed E-state index contributed by atoms with van der Waals surface area (Å²) in [5.41, 5.74) is 1.31. The van der Waals surface area contributed by atoms with Crippen LogP contribution in [0, 0.1) is 30.1 Å². The van der Waals surface area contributed by atoms with Gasteiger partial charge in [0, 0.05) is 25.0 Å². The number of nitrogens with zero attached hydrogens (tertiary/aromatic N) is 2. The van der Waals surface area contributed by atoms with Gasteiger partial charge in [0.2, 0.25) is 5.91 Å². The van der Waals surface area contributed by atoms with Crippen molar-refractivity contribution in [3.05, 3.63) is 22.2 Å². The van der Waals surface area contributed by atoms with Gasteiger partial charge in [-0.3, -0.25) is 4.79 Å². The summed E-state index contributed by atoms with van der Waals surface area (Å²) in [7, 11) is 1.97. The first kappa shape index (κ1) is 15.4. The van der Waals surface area contributed by atoms with Gasteiger partial charge in [0.15, 0.2) is 0 Å². The molecule has 0 aromatic carbocycles. The second-order valence-corrected chi connectivity index (χ2v) is 9.30. The van der Waals surface area contributed by atoms with Gasteiger partial charge in [-0.2, -0.15) is 0 Å². The summed E-state index contributed by atoms with van der Waals surface area (Å²) < 4.78 is 0. The summed E-state index contributed by atoms with van der Waals surface area (Å²) in [6, 6.07) is 0. The topological polar surface area (TPSA) is 33.2 Å². The normalized spacial score (nSPS) is 35.1. The maximum Gasteiger partial charge on any atom is 0.246 e. The zero-order valence-corrected chi connectivity index (χ0v) is 14.9. The molecule has 1 heterocycles. The van der Waals surface area contributed by atoms with E-state index < -0.39 is 0 Å². The van der Waals surface area contributed by atoms with Crippen LogP contribution < -0.4 is 0 Å². The summed E-state index contributed by atoms with van der Waals surface area (Å²) in [5, 5.41) is 3.04. The minimum Gasteiger partial charge on any atom is -0.342 e. The van der Waals surface area contributed by atoms with Crippen LogP contribution in [0.3, 0.4) is 0 Å². The van der Waals surface area contributed by atoms with E-state index >= 15 is 0 Å². The monoisotopic (exact) mass is 330 g/mol. The number of amides is 1. The third-order valence-electron chi connectivity index (χ3n) is 6.15. The lowest BCUT2D eigenvalue weighted by atomic mass is 9.49. The summed E-state index contributed by atoms with van der Waals surface area (Å²) in [5.74, 6) is 2.95. The number of carbonyl (C=O) groups excluding carboxylic acids is 1. The van der Waals surface area contributed by atoms with Crippen LogP contribution in [0.2, 0.25) is 0 Å². The van der Waals surface area contributed by atoms with E-state index in [2.05, 4.69) is 4.98 Å². The van der Waals surface area contributed by atoms with Crippen LogP contribution in [0.15, 0.2) is 11.5 Å². The highest BCUT2D eigenvalue weighted by Gasteiger charge is 2.51. The maximum absolute atomic E-state index is 12.5.